The van der Waals surface area contributed by atoms with Gasteiger partial charge in [0.05, 0.1) is 12.0 Å². The highest BCUT2D eigenvalue weighted by molar-refractivity contribution is 6.03. The molecular formula is C19H21NO4. The largest absolute Gasteiger partial charge is 0.459 e. The molecule has 24 heavy (non-hydrogen) atoms. The molecule has 1 aromatic carbocycles. The first kappa shape index (κ1) is 16.3. The Hall–Kier alpha value is -2.56. The van der Waals surface area contributed by atoms with Gasteiger partial charge in [-0.2, -0.15) is 0 Å². The minimum Gasteiger partial charge on any atom is -0.459 e. The molecule has 1 atom stereocenters. The van der Waals surface area contributed by atoms with Gasteiger partial charge in [-0.3, -0.25) is 4.79 Å². The van der Waals surface area contributed by atoms with Crippen LogP contribution in [0.1, 0.15) is 44.6 Å². The molecule has 1 aliphatic carbocycles. The van der Waals surface area contributed by atoms with Gasteiger partial charge in [0.2, 0.25) is 5.88 Å². The Bertz CT molecular complexity index is 731. The van der Waals surface area contributed by atoms with Crippen molar-refractivity contribution < 1.29 is 19.1 Å². The van der Waals surface area contributed by atoms with Crippen molar-refractivity contribution in [3.8, 4) is 0 Å². The lowest BCUT2D eigenvalue weighted by Crippen LogP contribution is -2.32. The molecule has 0 amide bonds. The van der Waals surface area contributed by atoms with Crippen LogP contribution in [0.25, 0.3) is 0 Å². The van der Waals surface area contributed by atoms with Crippen molar-refractivity contribution in [2.24, 2.45) is 5.73 Å². The quantitative estimate of drug-likeness (QED) is 0.864. The van der Waals surface area contributed by atoms with Gasteiger partial charge in [-0.1, -0.05) is 30.3 Å². The van der Waals surface area contributed by atoms with Crippen LogP contribution in [0.2, 0.25) is 0 Å². The van der Waals surface area contributed by atoms with Gasteiger partial charge in [-0.15, -0.1) is 0 Å². The fourth-order valence-electron chi connectivity index (χ4n) is 3.21. The molecule has 3 rings (SSSR count). The summed E-state index contributed by atoms with van der Waals surface area (Å²) in [6.45, 7) is 3.54. The Balaban J connectivity index is 2.12. The zero-order valence-corrected chi connectivity index (χ0v) is 13.9. The van der Waals surface area contributed by atoms with Crippen molar-refractivity contribution in [2.75, 3.05) is 0 Å². The van der Waals surface area contributed by atoms with E-state index in [1.54, 1.807) is 13.8 Å². The molecule has 126 valence electrons. The normalized spacial score (nSPS) is 20.8. The van der Waals surface area contributed by atoms with Crippen LogP contribution in [0.5, 0.6) is 0 Å². The maximum atomic E-state index is 12.6. The standard InChI is InChI=1S/C19H21NO4/c1-11(2)23-19(22)17-15(12-7-4-3-5-8-12)16-13(21)9-6-10-14(16)24-18(17)20/h3-5,7-8,11,15H,6,9-10,20H2,1-2H3. The summed E-state index contributed by atoms with van der Waals surface area (Å²) in [5.74, 6) is -0.454. The summed E-state index contributed by atoms with van der Waals surface area (Å²) in [5.41, 5.74) is 7.63. The van der Waals surface area contributed by atoms with E-state index in [-0.39, 0.29) is 23.3 Å². The van der Waals surface area contributed by atoms with Crippen molar-refractivity contribution in [2.45, 2.75) is 45.1 Å². The molecule has 0 saturated carbocycles. The molecule has 0 saturated heterocycles. The summed E-state index contributed by atoms with van der Waals surface area (Å²) in [4.78, 5) is 25.2. The lowest BCUT2D eigenvalue weighted by atomic mass is 9.77. The number of ether oxygens (including phenoxy) is 2. The maximum absolute atomic E-state index is 12.6. The molecule has 0 bridgehead atoms. The van der Waals surface area contributed by atoms with E-state index in [0.29, 0.717) is 24.2 Å². The number of Topliss-reactive ketones (excluding diaryl/α,β-unsaturated/α-hetero) is 1. The Labute approximate surface area is 141 Å². The van der Waals surface area contributed by atoms with Gasteiger partial charge >= 0.3 is 5.97 Å². The predicted octanol–water partition coefficient (Wildman–Crippen LogP) is 2.93. The fourth-order valence-corrected chi connectivity index (χ4v) is 3.21. The number of carbonyl (C=O) groups is 2. The number of allylic oxidation sites excluding steroid dienone is 2. The second-order valence-corrected chi connectivity index (χ2v) is 6.29. The number of hydrogen-bond donors (Lipinski definition) is 1. The fraction of sp³-hybridized carbons (Fsp3) is 0.368. The van der Waals surface area contributed by atoms with E-state index in [9.17, 15) is 9.59 Å². The van der Waals surface area contributed by atoms with Crippen LogP contribution in [0, 0.1) is 0 Å². The highest BCUT2D eigenvalue weighted by Gasteiger charge is 2.41. The van der Waals surface area contributed by atoms with Gasteiger partial charge in [-0.05, 0) is 25.8 Å². The van der Waals surface area contributed by atoms with Crippen molar-refractivity contribution in [1.29, 1.82) is 0 Å². The van der Waals surface area contributed by atoms with E-state index in [1.807, 2.05) is 30.3 Å². The first-order valence-electron chi connectivity index (χ1n) is 8.18. The Kier molecular flexibility index (Phi) is 4.42. The average molecular weight is 327 g/mol. The zero-order chi connectivity index (χ0) is 17.3. The number of carbonyl (C=O) groups excluding carboxylic acids is 2. The van der Waals surface area contributed by atoms with Gasteiger partial charge < -0.3 is 15.2 Å². The smallest absolute Gasteiger partial charge is 0.340 e. The molecule has 0 aromatic heterocycles. The number of nitrogens with two attached hydrogens (primary N) is 1. The van der Waals surface area contributed by atoms with Crippen molar-refractivity contribution >= 4 is 11.8 Å². The molecule has 1 heterocycles. The van der Waals surface area contributed by atoms with E-state index in [2.05, 4.69) is 0 Å². The van der Waals surface area contributed by atoms with Crippen LogP contribution in [0.4, 0.5) is 0 Å². The number of ketones is 1. The van der Waals surface area contributed by atoms with Crippen LogP contribution in [0.3, 0.4) is 0 Å². The number of hydrogen-bond acceptors (Lipinski definition) is 5. The minimum absolute atomic E-state index is 0.00690. The van der Waals surface area contributed by atoms with Gasteiger partial charge in [0, 0.05) is 18.4 Å². The van der Waals surface area contributed by atoms with Crippen LogP contribution in [0.15, 0.2) is 53.1 Å². The Morgan fingerprint density at radius 2 is 1.96 bits per heavy atom. The molecule has 5 heteroatoms. The molecule has 1 unspecified atom stereocenters. The Morgan fingerprint density at radius 1 is 1.25 bits per heavy atom. The SMILES string of the molecule is CC(C)OC(=O)C1=C(N)OC2=C(C(=O)CCC2)C1c1ccccc1. The topological polar surface area (TPSA) is 78.6 Å². The van der Waals surface area contributed by atoms with E-state index in [0.717, 1.165) is 12.0 Å². The molecule has 2 N–H and O–H groups in total. The molecule has 0 spiro atoms. The van der Waals surface area contributed by atoms with Gasteiger partial charge in [-0.25, -0.2) is 4.79 Å². The zero-order valence-electron chi connectivity index (χ0n) is 13.9. The van der Waals surface area contributed by atoms with Crippen LogP contribution >= 0.6 is 0 Å². The summed E-state index contributed by atoms with van der Waals surface area (Å²) >= 11 is 0. The highest BCUT2D eigenvalue weighted by atomic mass is 16.5. The lowest BCUT2D eigenvalue weighted by molar-refractivity contribution is -0.143. The van der Waals surface area contributed by atoms with E-state index in [1.165, 1.54) is 0 Å². The lowest BCUT2D eigenvalue weighted by Gasteiger charge is -2.32. The molecule has 1 aliphatic heterocycles. The third-order valence-corrected chi connectivity index (χ3v) is 4.18. The predicted molar refractivity (Wildman–Crippen MR) is 88.6 cm³/mol. The summed E-state index contributed by atoms with van der Waals surface area (Å²) in [5, 5.41) is 0. The second-order valence-electron chi connectivity index (χ2n) is 6.29. The van der Waals surface area contributed by atoms with E-state index >= 15 is 0 Å². The van der Waals surface area contributed by atoms with E-state index < -0.39 is 11.9 Å². The first-order valence-corrected chi connectivity index (χ1v) is 8.18. The van der Waals surface area contributed by atoms with E-state index in [4.69, 9.17) is 15.2 Å². The van der Waals surface area contributed by atoms with Crippen LogP contribution in [-0.2, 0) is 19.1 Å². The van der Waals surface area contributed by atoms with Gasteiger partial charge in [0.1, 0.15) is 11.3 Å². The van der Waals surface area contributed by atoms with Gasteiger partial charge in [0.25, 0.3) is 0 Å². The van der Waals surface area contributed by atoms with Crippen LogP contribution < -0.4 is 5.73 Å². The average Bonchev–Trinajstić information content (AvgIpc) is 2.53. The molecule has 5 nitrogen and oxygen atoms in total. The third-order valence-electron chi connectivity index (χ3n) is 4.18. The first-order chi connectivity index (χ1) is 11.5. The molecular weight excluding hydrogens is 306 g/mol. The second kappa shape index (κ2) is 6.51. The molecule has 0 radical (unpaired) electrons. The van der Waals surface area contributed by atoms with Crippen molar-refractivity contribution in [3.63, 3.8) is 0 Å². The van der Waals surface area contributed by atoms with Crippen molar-refractivity contribution in [1.82, 2.24) is 0 Å². The molecule has 0 fully saturated rings. The highest BCUT2D eigenvalue weighted by Crippen LogP contribution is 2.43. The number of rotatable bonds is 3. The Morgan fingerprint density at radius 3 is 2.62 bits per heavy atom. The summed E-state index contributed by atoms with van der Waals surface area (Å²) in [7, 11) is 0. The minimum atomic E-state index is -0.540. The number of esters is 1. The molecule has 2 aliphatic rings. The van der Waals surface area contributed by atoms with Crippen molar-refractivity contribution in [3.05, 3.63) is 58.7 Å². The summed E-state index contributed by atoms with van der Waals surface area (Å²) in [6.07, 6.45) is 1.56. The summed E-state index contributed by atoms with van der Waals surface area (Å²) in [6, 6.07) is 9.41. The van der Waals surface area contributed by atoms with Crippen LogP contribution in [-0.4, -0.2) is 17.9 Å². The van der Waals surface area contributed by atoms with Gasteiger partial charge in [0.15, 0.2) is 5.78 Å². The maximum Gasteiger partial charge on any atom is 0.340 e. The monoisotopic (exact) mass is 327 g/mol. The molecule has 1 aromatic rings. The number of benzene rings is 1. The summed E-state index contributed by atoms with van der Waals surface area (Å²) < 4.78 is 11.0. The third kappa shape index (κ3) is 2.94.